The Labute approximate surface area is 210 Å². The smallest absolute Gasteiger partial charge is 0.240 e. The molecule has 5 rings (SSSR count). The molecular weight excluding hydrogens is 530 g/mol. The lowest BCUT2D eigenvalue weighted by Crippen LogP contribution is -2.23. The second kappa shape index (κ2) is 9.10. The summed E-state index contributed by atoms with van der Waals surface area (Å²) in [4.78, 5) is 13.7. The Balaban J connectivity index is 1.48. The van der Waals surface area contributed by atoms with E-state index in [0.717, 1.165) is 15.7 Å². The summed E-state index contributed by atoms with van der Waals surface area (Å²) in [5, 5.41) is 0. The van der Waals surface area contributed by atoms with E-state index in [2.05, 4.69) is 30.6 Å². The third-order valence-corrected chi connectivity index (χ3v) is 7.25. The minimum Gasteiger partial charge on any atom is -0.399 e. The van der Waals surface area contributed by atoms with E-state index in [1.54, 1.807) is 30.6 Å². The summed E-state index contributed by atoms with van der Waals surface area (Å²) in [6.45, 7) is 0.130. The highest BCUT2D eigenvalue weighted by Crippen LogP contribution is 2.31. The highest BCUT2D eigenvalue weighted by atomic mass is 79.9. The number of halogens is 1. The van der Waals surface area contributed by atoms with Crippen molar-refractivity contribution in [2.24, 2.45) is 0 Å². The van der Waals surface area contributed by atoms with Crippen molar-refractivity contribution in [3.05, 3.63) is 89.2 Å². The van der Waals surface area contributed by atoms with E-state index in [4.69, 9.17) is 16.5 Å². The van der Waals surface area contributed by atoms with E-state index >= 15 is 0 Å². The molecule has 0 saturated carbocycles. The molecule has 2 aromatic carbocycles. The molecule has 11 heteroatoms. The van der Waals surface area contributed by atoms with Crippen molar-refractivity contribution < 1.29 is 8.42 Å². The fraction of sp³-hybridized carbons (Fsp3) is 0.0417. The average Bonchev–Trinajstić information content (AvgIpc) is 3.22. The summed E-state index contributed by atoms with van der Waals surface area (Å²) < 4.78 is 30.5. The first-order valence-electron chi connectivity index (χ1n) is 10.5. The van der Waals surface area contributed by atoms with Gasteiger partial charge in [-0.3, -0.25) is 4.57 Å². The summed E-state index contributed by atoms with van der Waals surface area (Å²) in [7, 11) is -3.67. The molecule has 0 spiro atoms. The summed E-state index contributed by atoms with van der Waals surface area (Å²) in [6, 6.07) is 19.1. The SMILES string of the molecule is Nc1ccc(S(=O)(=O)NCc2ccc(-n3c(-c4cccnc4N)nc4cc(Br)cnc43)cc2)cc1. The van der Waals surface area contributed by atoms with Crippen LogP contribution in [-0.4, -0.2) is 27.9 Å². The minimum absolute atomic E-state index is 0.130. The second-order valence-electron chi connectivity index (χ2n) is 7.76. The molecule has 0 amide bonds. The number of anilines is 2. The molecule has 0 aliphatic heterocycles. The van der Waals surface area contributed by atoms with E-state index in [9.17, 15) is 8.42 Å². The molecule has 5 aromatic rings. The molecular formula is C24H20BrN7O2S. The van der Waals surface area contributed by atoms with Gasteiger partial charge in [-0.25, -0.2) is 28.1 Å². The maximum Gasteiger partial charge on any atom is 0.240 e. The van der Waals surface area contributed by atoms with Crippen molar-refractivity contribution in [2.45, 2.75) is 11.4 Å². The molecule has 3 aromatic heterocycles. The van der Waals surface area contributed by atoms with E-state index in [1.165, 1.54) is 12.1 Å². The van der Waals surface area contributed by atoms with Gasteiger partial charge >= 0.3 is 0 Å². The molecule has 0 aliphatic carbocycles. The number of sulfonamides is 1. The second-order valence-corrected chi connectivity index (χ2v) is 10.4. The van der Waals surface area contributed by atoms with Crippen LogP contribution < -0.4 is 16.2 Å². The lowest BCUT2D eigenvalue weighted by Gasteiger charge is -2.11. The van der Waals surface area contributed by atoms with Crippen LogP contribution in [0, 0.1) is 0 Å². The zero-order valence-electron chi connectivity index (χ0n) is 18.3. The number of nitrogen functional groups attached to an aromatic ring is 2. The predicted molar refractivity (Wildman–Crippen MR) is 139 cm³/mol. The monoisotopic (exact) mass is 549 g/mol. The van der Waals surface area contributed by atoms with Crippen LogP contribution in [0.5, 0.6) is 0 Å². The molecule has 0 radical (unpaired) electrons. The van der Waals surface area contributed by atoms with Crippen LogP contribution in [-0.2, 0) is 16.6 Å². The van der Waals surface area contributed by atoms with Crippen LogP contribution >= 0.6 is 15.9 Å². The standard InChI is InChI=1S/C24H20BrN7O2S/c25-16-12-21-24(29-14-16)32(23(31-21)20-2-1-11-28-22(20)27)18-7-3-15(4-8-18)13-30-35(33,34)19-9-5-17(26)6-10-19/h1-12,14,30H,13,26H2,(H2,27,28). The Morgan fingerprint density at radius 2 is 1.71 bits per heavy atom. The third-order valence-electron chi connectivity index (χ3n) is 5.39. The summed E-state index contributed by atoms with van der Waals surface area (Å²) >= 11 is 3.45. The molecule has 9 nitrogen and oxygen atoms in total. The highest BCUT2D eigenvalue weighted by molar-refractivity contribution is 9.10. The lowest BCUT2D eigenvalue weighted by molar-refractivity contribution is 0.581. The molecule has 3 heterocycles. The Kier molecular flexibility index (Phi) is 5.97. The van der Waals surface area contributed by atoms with Gasteiger partial charge in [0.15, 0.2) is 11.5 Å². The predicted octanol–water partition coefficient (Wildman–Crippen LogP) is 3.89. The number of fused-ring (bicyclic) bond motifs is 1. The number of rotatable bonds is 6. The maximum absolute atomic E-state index is 12.6. The molecule has 0 bridgehead atoms. The summed E-state index contributed by atoms with van der Waals surface area (Å²) in [5.74, 6) is 0.963. The Morgan fingerprint density at radius 3 is 2.43 bits per heavy atom. The lowest BCUT2D eigenvalue weighted by atomic mass is 10.2. The number of nitrogens with one attached hydrogen (secondary N) is 1. The molecule has 0 atom stereocenters. The topological polar surface area (TPSA) is 142 Å². The summed E-state index contributed by atoms with van der Waals surface area (Å²) in [6.07, 6.45) is 3.33. The summed E-state index contributed by atoms with van der Waals surface area (Å²) in [5.41, 5.74) is 15.9. The Bertz CT molecular complexity index is 1630. The number of benzene rings is 2. The number of imidazole rings is 1. The van der Waals surface area contributed by atoms with E-state index in [0.29, 0.717) is 34.1 Å². The van der Waals surface area contributed by atoms with E-state index < -0.39 is 10.0 Å². The van der Waals surface area contributed by atoms with Crippen LogP contribution in [0.2, 0.25) is 0 Å². The zero-order valence-corrected chi connectivity index (χ0v) is 20.7. The molecule has 5 N–H and O–H groups in total. The van der Waals surface area contributed by atoms with Gasteiger partial charge in [-0.2, -0.15) is 0 Å². The van der Waals surface area contributed by atoms with Gasteiger partial charge in [0.1, 0.15) is 11.3 Å². The van der Waals surface area contributed by atoms with Crippen molar-refractivity contribution in [3.8, 4) is 17.1 Å². The van der Waals surface area contributed by atoms with Crippen molar-refractivity contribution in [1.29, 1.82) is 0 Å². The van der Waals surface area contributed by atoms with E-state index in [1.807, 2.05) is 41.0 Å². The highest BCUT2D eigenvalue weighted by Gasteiger charge is 2.18. The fourth-order valence-corrected chi connectivity index (χ4v) is 4.98. The number of pyridine rings is 2. The van der Waals surface area contributed by atoms with Gasteiger partial charge in [-0.05, 0) is 76.1 Å². The maximum atomic E-state index is 12.6. The zero-order chi connectivity index (χ0) is 24.6. The van der Waals surface area contributed by atoms with Crippen LogP contribution in [0.3, 0.4) is 0 Å². The number of nitrogens with two attached hydrogens (primary N) is 2. The molecule has 0 unspecified atom stereocenters. The van der Waals surface area contributed by atoms with E-state index in [-0.39, 0.29) is 11.4 Å². The largest absolute Gasteiger partial charge is 0.399 e. The normalized spacial score (nSPS) is 11.7. The Hall–Kier alpha value is -3.80. The third kappa shape index (κ3) is 4.61. The van der Waals surface area contributed by atoms with Gasteiger partial charge in [0.25, 0.3) is 0 Å². The average molecular weight is 550 g/mol. The van der Waals surface area contributed by atoms with Gasteiger partial charge < -0.3 is 11.5 Å². The van der Waals surface area contributed by atoms with Gasteiger partial charge in [0.2, 0.25) is 10.0 Å². The van der Waals surface area contributed by atoms with Crippen molar-refractivity contribution in [3.63, 3.8) is 0 Å². The van der Waals surface area contributed by atoms with Crippen LogP contribution in [0.15, 0.2) is 88.5 Å². The first kappa shape index (κ1) is 23.0. The number of nitrogens with zero attached hydrogens (tertiary/aromatic N) is 4. The van der Waals surface area contributed by atoms with Crippen LogP contribution in [0.1, 0.15) is 5.56 Å². The number of hydrogen-bond donors (Lipinski definition) is 3. The molecule has 0 fully saturated rings. The first-order chi connectivity index (χ1) is 16.8. The molecule has 35 heavy (non-hydrogen) atoms. The van der Waals surface area contributed by atoms with Crippen molar-refractivity contribution >= 4 is 48.6 Å². The van der Waals surface area contributed by atoms with Crippen LogP contribution in [0.4, 0.5) is 11.5 Å². The quantitative estimate of drug-likeness (QED) is 0.272. The van der Waals surface area contributed by atoms with Gasteiger partial charge in [0.05, 0.1) is 10.5 Å². The van der Waals surface area contributed by atoms with Crippen LogP contribution in [0.25, 0.3) is 28.2 Å². The fourth-order valence-electron chi connectivity index (χ4n) is 3.64. The molecule has 0 aliphatic rings. The van der Waals surface area contributed by atoms with Gasteiger partial charge in [0, 0.05) is 34.8 Å². The first-order valence-corrected chi connectivity index (χ1v) is 12.8. The molecule has 0 saturated heterocycles. The Morgan fingerprint density at radius 1 is 0.971 bits per heavy atom. The van der Waals surface area contributed by atoms with Crippen molar-refractivity contribution in [1.82, 2.24) is 24.2 Å². The minimum atomic E-state index is -3.67. The van der Waals surface area contributed by atoms with Crippen molar-refractivity contribution in [2.75, 3.05) is 11.5 Å². The number of hydrogen-bond acceptors (Lipinski definition) is 7. The van der Waals surface area contributed by atoms with Gasteiger partial charge in [-0.15, -0.1) is 0 Å². The van der Waals surface area contributed by atoms with Gasteiger partial charge in [-0.1, -0.05) is 12.1 Å². The number of aromatic nitrogens is 4. The molecule has 176 valence electrons.